The van der Waals surface area contributed by atoms with Crippen molar-refractivity contribution < 1.29 is 14.6 Å². The predicted molar refractivity (Wildman–Crippen MR) is 78.3 cm³/mol. The molecule has 0 fully saturated rings. The Kier molecular flexibility index (Phi) is 4.78. The maximum absolute atomic E-state index is 11.1. The zero-order valence-electron chi connectivity index (χ0n) is 11.2. The van der Waals surface area contributed by atoms with Crippen molar-refractivity contribution in [1.82, 2.24) is 0 Å². The third kappa shape index (κ3) is 3.98. The van der Waals surface area contributed by atoms with Crippen LogP contribution in [0.2, 0.25) is 0 Å². The van der Waals surface area contributed by atoms with E-state index in [-0.39, 0.29) is 12.2 Å². The third-order valence-electron chi connectivity index (χ3n) is 2.84. The summed E-state index contributed by atoms with van der Waals surface area (Å²) in [4.78, 5) is 11.1. The molecule has 0 saturated carbocycles. The highest BCUT2D eigenvalue weighted by molar-refractivity contribution is 5.94. The molecule has 0 atom stereocenters. The monoisotopic (exact) mass is 282 g/mol. The highest BCUT2D eigenvalue weighted by Crippen LogP contribution is 2.18. The molecule has 0 saturated heterocycles. The van der Waals surface area contributed by atoms with Gasteiger partial charge in [-0.2, -0.15) is 5.26 Å². The summed E-state index contributed by atoms with van der Waals surface area (Å²) in [5.41, 5.74) is 1.73. The van der Waals surface area contributed by atoms with Crippen LogP contribution in [0.5, 0.6) is 5.75 Å². The van der Waals surface area contributed by atoms with Crippen LogP contribution < -0.4 is 10.1 Å². The molecule has 0 spiro atoms. The molecule has 5 heteroatoms. The van der Waals surface area contributed by atoms with Crippen LogP contribution >= 0.6 is 0 Å². The summed E-state index contributed by atoms with van der Waals surface area (Å²) in [6, 6.07) is 16.0. The van der Waals surface area contributed by atoms with Crippen LogP contribution in [0.4, 0.5) is 5.69 Å². The minimum atomic E-state index is -0.968. The summed E-state index contributed by atoms with van der Waals surface area (Å²) in [5.74, 6) is -0.355. The van der Waals surface area contributed by atoms with Gasteiger partial charge in [-0.25, -0.2) is 4.79 Å². The van der Waals surface area contributed by atoms with Crippen LogP contribution in [0.3, 0.4) is 0 Å². The van der Waals surface area contributed by atoms with Crippen LogP contribution in [-0.4, -0.2) is 17.7 Å². The molecule has 2 aromatic carbocycles. The summed E-state index contributed by atoms with van der Waals surface area (Å²) in [7, 11) is 0. The van der Waals surface area contributed by atoms with E-state index in [0.29, 0.717) is 18.0 Å². The normalized spacial score (nSPS) is 9.67. The van der Waals surface area contributed by atoms with Gasteiger partial charge in [0.15, 0.2) is 6.61 Å². The number of hydrogen-bond donors (Lipinski definition) is 2. The number of nitrogens with one attached hydrogen (secondary N) is 1. The molecule has 0 unspecified atom stereocenters. The Balaban J connectivity index is 2.07. The SMILES string of the molecule is N#CCOc1cccc(CNc2ccccc2C(=O)O)c1. The molecular weight excluding hydrogens is 268 g/mol. The van der Waals surface area contributed by atoms with E-state index in [1.54, 1.807) is 30.3 Å². The van der Waals surface area contributed by atoms with E-state index >= 15 is 0 Å². The van der Waals surface area contributed by atoms with Gasteiger partial charge >= 0.3 is 5.97 Å². The molecule has 5 nitrogen and oxygen atoms in total. The molecule has 2 N–H and O–H groups in total. The second-order valence-electron chi connectivity index (χ2n) is 4.30. The van der Waals surface area contributed by atoms with E-state index in [1.807, 2.05) is 24.3 Å². The minimum absolute atomic E-state index is 0.00126. The number of aromatic carboxylic acids is 1. The second kappa shape index (κ2) is 6.96. The average Bonchev–Trinajstić information content (AvgIpc) is 2.51. The molecule has 106 valence electrons. The van der Waals surface area contributed by atoms with Crippen molar-refractivity contribution in [3.05, 3.63) is 59.7 Å². The maximum atomic E-state index is 11.1. The van der Waals surface area contributed by atoms with Crippen molar-refractivity contribution in [3.8, 4) is 11.8 Å². The van der Waals surface area contributed by atoms with Crippen LogP contribution in [-0.2, 0) is 6.54 Å². The number of rotatable bonds is 6. The lowest BCUT2D eigenvalue weighted by atomic mass is 10.1. The van der Waals surface area contributed by atoms with Gasteiger partial charge in [0.25, 0.3) is 0 Å². The fourth-order valence-electron chi connectivity index (χ4n) is 1.88. The van der Waals surface area contributed by atoms with Gasteiger partial charge in [-0.1, -0.05) is 24.3 Å². The fraction of sp³-hybridized carbons (Fsp3) is 0.125. The van der Waals surface area contributed by atoms with Gasteiger partial charge in [0.05, 0.1) is 5.56 Å². The zero-order valence-corrected chi connectivity index (χ0v) is 11.2. The molecule has 0 heterocycles. The van der Waals surface area contributed by atoms with E-state index in [9.17, 15) is 4.79 Å². The number of carbonyl (C=O) groups is 1. The highest BCUT2D eigenvalue weighted by atomic mass is 16.5. The summed E-state index contributed by atoms with van der Waals surface area (Å²) in [6.07, 6.45) is 0. The van der Waals surface area contributed by atoms with Crippen LogP contribution in [0.1, 0.15) is 15.9 Å². The van der Waals surface area contributed by atoms with E-state index in [2.05, 4.69) is 5.32 Å². The maximum Gasteiger partial charge on any atom is 0.337 e. The van der Waals surface area contributed by atoms with Gasteiger partial charge in [0, 0.05) is 12.2 Å². The molecular formula is C16H14N2O3. The number of nitriles is 1. The largest absolute Gasteiger partial charge is 0.479 e. The number of para-hydroxylation sites is 1. The van der Waals surface area contributed by atoms with Crippen molar-refractivity contribution in [2.45, 2.75) is 6.54 Å². The van der Waals surface area contributed by atoms with Gasteiger partial charge < -0.3 is 15.2 Å². The molecule has 2 rings (SSSR count). The zero-order chi connectivity index (χ0) is 15.1. The molecule has 0 radical (unpaired) electrons. The lowest BCUT2D eigenvalue weighted by molar-refractivity contribution is 0.0698. The van der Waals surface area contributed by atoms with Gasteiger partial charge in [-0.15, -0.1) is 0 Å². The van der Waals surface area contributed by atoms with Gasteiger partial charge in [-0.3, -0.25) is 0 Å². The van der Waals surface area contributed by atoms with Crippen molar-refractivity contribution in [2.24, 2.45) is 0 Å². The Morgan fingerprint density at radius 2 is 2.05 bits per heavy atom. The van der Waals surface area contributed by atoms with Crippen molar-refractivity contribution >= 4 is 11.7 Å². The van der Waals surface area contributed by atoms with Crippen molar-refractivity contribution in [3.63, 3.8) is 0 Å². The van der Waals surface area contributed by atoms with Gasteiger partial charge in [0.1, 0.15) is 11.8 Å². The second-order valence-corrected chi connectivity index (χ2v) is 4.30. The van der Waals surface area contributed by atoms with Crippen molar-refractivity contribution in [1.29, 1.82) is 5.26 Å². The lowest BCUT2D eigenvalue weighted by Gasteiger charge is -2.10. The first-order chi connectivity index (χ1) is 10.2. The van der Waals surface area contributed by atoms with Crippen LogP contribution in [0.25, 0.3) is 0 Å². The number of carboxylic acids is 1. The lowest BCUT2D eigenvalue weighted by Crippen LogP contribution is -2.06. The molecule has 0 amide bonds. The van der Waals surface area contributed by atoms with Crippen LogP contribution in [0.15, 0.2) is 48.5 Å². The molecule has 0 aliphatic heterocycles. The fourth-order valence-corrected chi connectivity index (χ4v) is 1.88. The number of ether oxygens (including phenoxy) is 1. The molecule has 0 bridgehead atoms. The quantitative estimate of drug-likeness (QED) is 0.851. The van der Waals surface area contributed by atoms with E-state index in [0.717, 1.165) is 5.56 Å². The van der Waals surface area contributed by atoms with E-state index in [1.165, 1.54) is 0 Å². The first-order valence-electron chi connectivity index (χ1n) is 6.35. The van der Waals surface area contributed by atoms with Crippen molar-refractivity contribution in [2.75, 3.05) is 11.9 Å². The Morgan fingerprint density at radius 3 is 2.81 bits per heavy atom. The number of nitrogens with zero attached hydrogens (tertiary/aromatic N) is 1. The first kappa shape index (κ1) is 14.4. The number of benzene rings is 2. The molecule has 0 aliphatic carbocycles. The summed E-state index contributed by atoms with van der Waals surface area (Å²) >= 11 is 0. The average molecular weight is 282 g/mol. The Labute approximate surface area is 122 Å². The molecule has 2 aromatic rings. The standard InChI is InChI=1S/C16H14N2O3/c17-8-9-21-13-5-3-4-12(10-13)11-18-15-7-2-1-6-14(15)16(19)20/h1-7,10,18H,9,11H2,(H,19,20). The van der Waals surface area contributed by atoms with Gasteiger partial charge in [0.2, 0.25) is 0 Å². The molecule has 0 aromatic heterocycles. The Bertz CT molecular complexity index is 677. The number of hydrogen-bond acceptors (Lipinski definition) is 4. The molecule has 21 heavy (non-hydrogen) atoms. The third-order valence-corrected chi connectivity index (χ3v) is 2.84. The molecule has 0 aliphatic rings. The minimum Gasteiger partial charge on any atom is -0.479 e. The number of carboxylic acid groups (broad SMARTS) is 1. The topological polar surface area (TPSA) is 82.3 Å². The summed E-state index contributed by atoms with van der Waals surface area (Å²) in [6.45, 7) is 0.465. The highest BCUT2D eigenvalue weighted by Gasteiger charge is 2.08. The summed E-state index contributed by atoms with van der Waals surface area (Å²) < 4.78 is 5.23. The Morgan fingerprint density at radius 1 is 1.24 bits per heavy atom. The van der Waals surface area contributed by atoms with Crippen LogP contribution in [0, 0.1) is 11.3 Å². The van der Waals surface area contributed by atoms with E-state index in [4.69, 9.17) is 15.1 Å². The summed E-state index contributed by atoms with van der Waals surface area (Å²) in [5, 5.41) is 20.7. The van der Waals surface area contributed by atoms with Gasteiger partial charge in [-0.05, 0) is 29.8 Å². The number of anilines is 1. The smallest absolute Gasteiger partial charge is 0.337 e. The first-order valence-corrected chi connectivity index (χ1v) is 6.35. The van der Waals surface area contributed by atoms with E-state index < -0.39 is 5.97 Å². The predicted octanol–water partition coefficient (Wildman–Crippen LogP) is 2.90. The Hall–Kier alpha value is -3.00.